The molecule has 0 spiro atoms. The van der Waals surface area contributed by atoms with Crippen LogP contribution in [0.1, 0.15) is 34.9 Å². The molecule has 3 rings (SSSR count). The van der Waals surface area contributed by atoms with Crippen molar-refractivity contribution in [2.75, 3.05) is 12.4 Å². The van der Waals surface area contributed by atoms with E-state index in [4.69, 9.17) is 9.84 Å². The van der Waals surface area contributed by atoms with Crippen LogP contribution in [0, 0.1) is 0 Å². The number of rotatable bonds is 6. The van der Waals surface area contributed by atoms with Gasteiger partial charge >= 0.3 is 5.97 Å². The number of carbonyl (C=O) groups is 1. The van der Waals surface area contributed by atoms with E-state index in [9.17, 15) is 4.79 Å². The Morgan fingerprint density at radius 3 is 3.00 bits per heavy atom. The second-order valence-electron chi connectivity index (χ2n) is 5.10. The average Bonchev–Trinajstić information content (AvgIpc) is 3.23. The van der Waals surface area contributed by atoms with E-state index in [2.05, 4.69) is 14.9 Å². The third kappa shape index (κ3) is 2.84. The van der Waals surface area contributed by atoms with E-state index in [-0.39, 0.29) is 5.56 Å². The van der Waals surface area contributed by atoms with Crippen molar-refractivity contribution in [3.05, 3.63) is 42.0 Å². The molecule has 1 aromatic carbocycles. The van der Waals surface area contributed by atoms with Gasteiger partial charge in [-0.15, -0.1) is 0 Å². The fraction of sp³-hybridized carbons (Fsp3) is 0.333. The van der Waals surface area contributed by atoms with Gasteiger partial charge in [0, 0.05) is 12.2 Å². The van der Waals surface area contributed by atoms with Gasteiger partial charge in [0.15, 0.2) is 0 Å². The number of benzene rings is 1. The normalized spacial score (nSPS) is 14.0. The number of nitrogens with one attached hydrogen (secondary N) is 1. The third-order valence-electron chi connectivity index (χ3n) is 3.59. The van der Waals surface area contributed by atoms with Crippen molar-refractivity contribution >= 4 is 11.7 Å². The maximum atomic E-state index is 11.1. The molecular formula is C15H17N3O3. The third-order valence-corrected chi connectivity index (χ3v) is 3.59. The highest BCUT2D eigenvalue weighted by Gasteiger charge is 2.25. The minimum atomic E-state index is -0.955. The van der Waals surface area contributed by atoms with Crippen molar-refractivity contribution in [2.24, 2.45) is 0 Å². The quantitative estimate of drug-likeness (QED) is 0.853. The summed E-state index contributed by atoms with van der Waals surface area (Å²) in [4.78, 5) is 15.2. The number of carboxylic acid groups (broad SMARTS) is 1. The highest BCUT2D eigenvalue weighted by atomic mass is 16.5. The number of hydrogen-bond donors (Lipinski definition) is 2. The largest absolute Gasteiger partial charge is 0.495 e. The lowest BCUT2D eigenvalue weighted by Crippen LogP contribution is -2.08. The molecule has 0 atom stereocenters. The maximum Gasteiger partial charge on any atom is 0.335 e. The molecule has 1 heterocycles. The topological polar surface area (TPSA) is 76.4 Å². The molecule has 0 saturated heterocycles. The second-order valence-corrected chi connectivity index (χ2v) is 5.10. The molecule has 21 heavy (non-hydrogen) atoms. The van der Waals surface area contributed by atoms with E-state index in [1.165, 1.54) is 18.9 Å². The van der Waals surface area contributed by atoms with Gasteiger partial charge in [-0.25, -0.2) is 9.78 Å². The van der Waals surface area contributed by atoms with Crippen LogP contribution in [0.2, 0.25) is 0 Å². The second kappa shape index (κ2) is 5.47. The van der Waals surface area contributed by atoms with Gasteiger partial charge in [0.25, 0.3) is 0 Å². The van der Waals surface area contributed by atoms with Crippen LogP contribution in [0.15, 0.2) is 30.7 Å². The van der Waals surface area contributed by atoms with Gasteiger partial charge in [-0.1, -0.05) is 0 Å². The first-order valence-electron chi connectivity index (χ1n) is 6.85. The lowest BCUT2D eigenvalue weighted by atomic mass is 10.2. The number of aromatic carboxylic acids is 1. The molecule has 1 saturated carbocycles. The predicted octanol–water partition coefficient (Wildman–Crippen LogP) is 2.54. The lowest BCUT2D eigenvalue weighted by Gasteiger charge is -2.13. The fourth-order valence-electron chi connectivity index (χ4n) is 2.32. The van der Waals surface area contributed by atoms with E-state index in [0.29, 0.717) is 24.0 Å². The highest BCUT2D eigenvalue weighted by molar-refractivity contribution is 5.89. The van der Waals surface area contributed by atoms with Crippen molar-refractivity contribution in [2.45, 2.75) is 25.4 Å². The SMILES string of the molecule is COc1ccc(C(=O)O)cc1NCc1cncn1C1CC1. The van der Waals surface area contributed by atoms with Gasteiger partial charge in [0.2, 0.25) is 0 Å². The summed E-state index contributed by atoms with van der Waals surface area (Å²) in [7, 11) is 1.56. The molecule has 6 nitrogen and oxygen atoms in total. The first-order chi connectivity index (χ1) is 10.2. The minimum Gasteiger partial charge on any atom is -0.495 e. The zero-order chi connectivity index (χ0) is 14.8. The standard InChI is InChI=1S/C15H17N3O3/c1-21-14-5-2-10(15(19)20)6-13(14)17-8-12-7-16-9-18(12)11-3-4-11/h2,5-7,9,11,17H,3-4,8H2,1H3,(H,19,20). The zero-order valence-corrected chi connectivity index (χ0v) is 11.7. The first kappa shape index (κ1) is 13.5. The molecule has 1 aliphatic carbocycles. The Morgan fingerprint density at radius 2 is 2.33 bits per heavy atom. The summed E-state index contributed by atoms with van der Waals surface area (Å²) in [6.45, 7) is 0.579. The molecule has 0 aliphatic heterocycles. The molecule has 0 radical (unpaired) electrons. The molecule has 0 bridgehead atoms. The fourth-order valence-corrected chi connectivity index (χ4v) is 2.32. The van der Waals surface area contributed by atoms with Crippen LogP contribution < -0.4 is 10.1 Å². The van der Waals surface area contributed by atoms with Gasteiger partial charge in [-0.3, -0.25) is 0 Å². The van der Waals surface area contributed by atoms with Crippen molar-refractivity contribution in [3.8, 4) is 5.75 Å². The Hall–Kier alpha value is -2.50. The number of anilines is 1. The predicted molar refractivity (Wildman–Crippen MR) is 77.8 cm³/mol. The molecule has 6 heteroatoms. The smallest absolute Gasteiger partial charge is 0.335 e. The van der Waals surface area contributed by atoms with E-state index in [1.54, 1.807) is 19.2 Å². The first-order valence-corrected chi connectivity index (χ1v) is 6.85. The van der Waals surface area contributed by atoms with E-state index < -0.39 is 5.97 Å². The molecule has 0 unspecified atom stereocenters. The number of methoxy groups -OCH3 is 1. The highest BCUT2D eigenvalue weighted by Crippen LogP contribution is 2.36. The van der Waals surface area contributed by atoms with Gasteiger partial charge < -0.3 is 19.7 Å². The summed E-state index contributed by atoms with van der Waals surface area (Å²) >= 11 is 0. The molecule has 1 aliphatic rings. The van der Waals surface area contributed by atoms with Crippen LogP contribution in [-0.4, -0.2) is 27.7 Å². The Kier molecular flexibility index (Phi) is 3.51. The van der Waals surface area contributed by atoms with Gasteiger partial charge in [-0.05, 0) is 31.0 Å². The Bertz CT molecular complexity index is 662. The van der Waals surface area contributed by atoms with E-state index in [1.807, 2.05) is 12.5 Å². The van der Waals surface area contributed by atoms with Crippen LogP contribution in [0.25, 0.3) is 0 Å². The molecule has 0 amide bonds. The Balaban J connectivity index is 1.78. The molecule has 1 aromatic heterocycles. The maximum absolute atomic E-state index is 11.1. The molecule has 110 valence electrons. The van der Waals surface area contributed by atoms with Gasteiger partial charge in [0.05, 0.1) is 36.9 Å². The van der Waals surface area contributed by atoms with Crippen LogP contribution >= 0.6 is 0 Å². The van der Waals surface area contributed by atoms with Crippen LogP contribution in [0.3, 0.4) is 0 Å². The number of hydrogen-bond acceptors (Lipinski definition) is 4. The van der Waals surface area contributed by atoms with Crippen molar-refractivity contribution < 1.29 is 14.6 Å². The molecule has 2 aromatic rings. The summed E-state index contributed by atoms with van der Waals surface area (Å²) in [5, 5.41) is 12.3. The molecule has 2 N–H and O–H groups in total. The lowest BCUT2D eigenvalue weighted by molar-refractivity contribution is 0.0697. The van der Waals surface area contributed by atoms with Gasteiger partial charge in [-0.2, -0.15) is 0 Å². The number of aromatic nitrogens is 2. The average molecular weight is 287 g/mol. The van der Waals surface area contributed by atoms with E-state index >= 15 is 0 Å². The Labute approximate surface area is 122 Å². The van der Waals surface area contributed by atoms with Gasteiger partial charge in [0.1, 0.15) is 5.75 Å². The number of carboxylic acids is 1. The summed E-state index contributed by atoms with van der Waals surface area (Å²) in [6.07, 6.45) is 6.07. The molecular weight excluding hydrogens is 270 g/mol. The van der Waals surface area contributed by atoms with Crippen LogP contribution in [0.5, 0.6) is 5.75 Å². The van der Waals surface area contributed by atoms with Crippen LogP contribution in [-0.2, 0) is 6.54 Å². The molecule has 1 fully saturated rings. The number of nitrogens with zero attached hydrogens (tertiary/aromatic N) is 2. The van der Waals surface area contributed by atoms with Crippen molar-refractivity contribution in [3.63, 3.8) is 0 Å². The Morgan fingerprint density at radius 1 is 1.52 bits per heavy atom. The number of imidazole rings is 1. The van der Waals surface area contributed by atoms with E-state index in [0.717, 1.165) is 5.69 Å². The number of ether oxygens (including phenoxy) is 1. The zero-order valence-electron chi connectivity index (χ0n) is 11.7. The van der Waals surface area contributed by atoms with Crippen molar-refractivity contribution in [1.29, 1.82) is 0 Å². The monoisotopic (exact) mass is 287 g/mol. The van der Waals surface area contributed by atoms with Crippen LogP contribution in [0.4, 0.5) is 5.69 Å². The summed E-state index contributed by atoms with van der Waals surface area (Å²) < 4.78 is 7.43. The summed E-state index contributed by atoms with van der Waals surface area (Å²) in [5.41, 5.74) is 1.98. The summed E-state index contributed by atoms with van der Waals surface area (Å²) in [5.74, 6) is -0.332. The minimum absolute atomic E-state index is 0.231. The van der Waals surface area contributed by atoms with Crippen molar-refractivity contribution in [1.82, 2.24) is 9.55 Å². The summed E-state index contributed by atoms with van der Waals surface area (Å²) in [6, 6.07) is 5.33.